The molecule has 0 spiro atoms. The highest BCUT2D eigenvalue weighted by Gasteiger charge is 2.45. The molecule has 1 heterocycles. The monoisotopic (exact) mass is 512 g/mol. The third kappa shape index (κ3) is 5.20. The SMILES string of the molecule is O=C(CC1C(=O)N(c2ccc(Cl)cc2)C(=S)N1NC(=O)c1ccc(Cl)cc1)Nc1ccccc1. The van der Waals surface area contributed by atoms with Crippen molar-refractivity contribution in [2.45, 2.75) is 12.5 Å². The van der Waals surface area contributed by atoms with Crippen molar-refractivity contribution in [2.24, 2.45) is 0 Å². The molecular formula is C24H18Cl2N4O3S. The first kappa shape index (κ1) is 23.7. The van der Waals surface area contributed by atoms with Gasteiger partial charge in [0.05, 0.1) is 12.1 Å². The summed E-state index contributed by atoms with van der Waals surface area (Å²) in [5, 5.41) is 5.00. The minimum atomic E-state index is -1.05. The van der Waals surface area contributed by atoms with Crippen LogP contribution in [0, 0.1) is 0 Å². The molecule has 0 aliphatic carbocycles. The first-order valence-electron chi connectivity index (χ1n) is 10.2. The van der Waals surface area contributed by atoms with Crippen LogP contribution in [0.3, 0.4) is 0 Å². The molecule has 4 rings (SSSR count). The van der Waals surface area contributed by atoms with Gasteiger partial charge >= 0.3 is 0 Å². The zero-order valence-electron chi connectivity index (χ0n) is 17.6. The molecule has 2 N–H and O–H groups in total. The molecule has 3 amide bonds. The Morgan fingerprint density at radius 3 is 2.09 bits per heavy atom. The summed E-state index contributed by atoms with van der Waals surface area (Å²) in [6.07, 6.45) is -0.237. The van der Waals surface area contributed by atoms with Gasteiger partial charge in [-0.25, -0.2) is 5.01 Å². The highest BCUT2D eigenvalue weighted by Crippen LogP contribution is 2.27. The van der Waals surface area contributed by atoms with E-state index in [0.29, 0.717) is 27.0 Å². The summed E-state index contributed by atoms with van der Waals surface area (Å²) in [5.74, 6) is -1.36. The predicted octanol–water partition coefficient (Wildman–Crippen LogP) is 4.67. The molecule has 1 aliphatic rings. The molecule has 3 aromatic carbocycles. The molecule has 10 heteroatoms. The number of benzene rings is 3. The van der Waals surface area contributed by atoms with Crippen molar-refractivity contribution in [3.05, 3.63) is 94.5 Å². The summed E-state index contributed by atoms with van der Waals surface area (Å²) in [4.78, 5) is 40.3. The Kier molecular flexibility index (Phi) is 7.12. The lowest BCUT2D eigenvalue weighted by molar-refractivity contribution is -0.124. The first-order chi connectivity index (χ1) is 16.3. The van der Waals surface area contributed by atoms with Crippen molar-refractivity contribution in [1.82, 2.24) is 10.4 Å². The molecule has 7 nitrogen and oxygen atoms in total. The largest absolute Gasteiger partial charge is 0.326 e. The van der Waals surface area contributed by atoms with Gasteiger partial charge < -0.3 is 5.32 Å². The van der Waals surface area contributed by atoms with Gasteiger partial charge in [0.25, 0.3) is 11.8 Å². The van der Waals surface area contributed by atoms with Crippen molar-refractivity contribution in [3.8, 4) is 0 Å². The second-order valence-electron chi connectivity index (χ2n) is 7.38. The van der Waals surface area contributed by atoms with Crippen LogP contribution in [0.1, 0.15) is 16.8 Å². The predicted molar refractivity (Wildman–Crippen MR) is 136 cm³/mol. The van der Waals surface area contributed by atoms with Crippen molar-refractivity contribution >= 4 is 69.6 Å². The molecule has 172 valence electrons. The summed E-state index contributed by atoms with van der Waals surface area (Å²) >= 11 is 17.4. The van der Waals surface area contributed by atoms with E-state index in [1.165, 1.54) is 9.91 Å². The van der Waals surface area contributed by atoms with E-state index in [1.807, 2.05) is 6.07 Å². The fourth-order valence-electron chi connectivity index (χ4n) is 3.41. The van der Waals surface area contributed by atoms with Crippen molar-refractivity contribution in [2.75, 3.05) is 10.2 Å². The highest BCUT2D eigenvalue weighted by atomic mass is 35.5. The summed E-state index contributed by atoms with van der Waals surface area (Å²) in [5.41, 5.74) is 4.04. The van der Waals surface area contributed by atoms with Gasteiger partial charge in [-0.05, 0) is 72.9 Å². The quantitative estimate of drug-likeness (QED) is 0.469. The zero-order valence-corrected chi connectivity index (χ0v) is 19.9. The number of thiocarbonyl (C=S) groups is 1. The lowest BCUT2D eigenvalue weighted by Gasteiger charge is -2.24. The van der Waals surface area contributed by atoms with E-state index in [4.69, 9.17) is 35.4 Å². The minimum absolute atomic E-state index is 0.0344. The Morgan fingerprint density at radius 2 is 1.47 bits per heavy atom. The highest BCUT2D eigenvalue weighted by molar-refractivity contribution is 7.80. The molecular weight excluding hydrogens is 495 g/mol. The average molecular weight is 513 g/mol. The van der Waals surface area contributed by atoms with Gasteiger partial charge in [0.15, 0.2) is 0 Å². The van der Waals surface area contributed by atoms with Crippen LogP contribution in [0.4, 0.5) is 11.4 Å². The molecule has 1 aliphatic heterocycles. The van der Waals surface area contributed by atoms with Crippen LogP contribution in [-0.4, -0.2) is 33.9 Å². The lowest BCUT2D eigenvalue weighted by Crippen LogP contribution is -2.49. The van der Waals surface area contributed by atoms with Crippen molar-refractivity contribution in [1.29, 1.82) is 0 Å². The first-order valence-corrected chi connectivity index (χ1v) is 11.3. The normalized spacial score (nSPS) is 15.4. The van der Waals surface area contributed by atoms with E-state index in [2.05, 4.69) is 10.7 Å². The van der Waals surface area contributed by atoms with Crippen molar-refractivity contribution < 1.29 is 14.4 Å². The van der Waals surface area contributed by atoms with Crippen LogP contribution in [0.2, 0.25) is 10.0 Å². The van der Waals surface area contributed by atoms with E-state index < -0.39 is 23.8 Å². The van der Waals surface area contributed by atoms with Gasteiger partial charge in [0.1, 0.15) is 6.04 Å². The fraction of sp³-hybridized carbons (Fsp3) is 0.0833. The molecule has 1 saturated heterocycles. The number of carbonyl (C=O) groups is 3. The van der Waals surface area contributed by atoms with Crippen molar-refractivity contribution in [3.63, 3.8) is 0 Å². The second kappa shape index (κ2) is 10.2. The number of rotatable bonds is 6. The number of carbonyl (C=O) groups excluding carboxylic acids is 3. The van der Waals surface area contributed by atoms with Gasteiger partial charge in [-0.15, -0.1) is 0 Å². The Morgan fingerprint density at radius 1 is 0.882 bits per heavy atom. The Labute approximate surface area is 211 Å². The maximum Gasteiger partial charge on any atom is 0.269 e. The van der Waals surface area contributed by atoms with Gasteiger partial charge in [0.2, 0.25) is 11.0 Å². The molecule has 0 radical (unpaired) electrons. The maximum atomic E-state index is 13.4. The van der Waals surface area contributed by atoms with Gasteiger partial charge in [-0.1, -0.05) is 41.4 Å². The summed E-state index contributed by atoms with van der Waals surface area (Å²) in [6, 6.07) is 20.6. The summed E-state index contributed by atoms with van der Waals surface area (Å²) in [7, 11) is 0. The summed E-state index contributed by atoms with van der Waals surface area (Å²) < 4.78 is 0. The number of hydrazine groups is 1. The van der Waals surface area contributed by atoms with Gasteiger partial charge in [0, 0.05) is 21.3 Å². The van der Waals surface area contributed by atoms with E-state index in [0.717, 1.165) is 0 Å². The van der Waals surface area contributed by atoms with Crippen LogP contribution in [-0.2, 0) is 9.59 Å². The minimum Gasteiger partial charge on any atom is -0.326 e. The Hall–Kier alpha value is -3.46. The van der Waals surface area contributed by atoms with Crippen LogP contribution in [0.5, 0.6) is 0 Å². The number of hydrogen-bond donors (Lipinski definition) is 2. The molecule has 3 aromatic rings. The Balaban J connectivity index is 1.60. The van der Waals surface area contributed by atoms with E-state index in [1.54, 1.807) is 72.8 Å². The molecule has 34 heavy (non-hydrogen) atoms. The van der Waals surface area contributed by atoms with Gasteiger partial charge in [-0.2, -0.15) is 0 Å². The van der Waals surface area contributed by atoms with E-state index >= 15 is 0 Å². The van der Waals surface area contributed by atoms with Crippen LogP contribution >= 0.6 is 35.4 Å². The van der Waals surface area contributed by atoms with Crippen LogP contribution < -0.4 is 15.6 Å². The number of nitrogens with zero attached hydrogens (tertiary/aromatic N) is 2. The molecule has 1 atom stereocenters. The number of amides is 3. The van der Waals surface area contributed by atoms with Gasteiger partial charge in [-0.3, -0.25) is 24.7 Å². The molecule has 1 unspecified atom stereocenters. The van der Waals surface area contributed by atoms with Crippen LogP contribution in [0.15, 0.2) is 78.9 Å². The molecule has 0 aromatic heterocycles. The maximum absolute atomic E-state index is 13.4. The topological polar surface area (TPSA) is 81.8 Å². The van der Waals surface area contributed by atoms with E-state index in [-0.39, 0.29) is 11.5 Å². The zero-order chi connectivity index (χ0) is 24.2. The Bertz CT molecular complexity index is 1240. The second-order valence-corrected chi connectivity index (χ2v) is 8.62. The lowest BCUT2D eigenvalue weighted by atomic mass is 10.1. The van der Waals surface area contributed by atoms with Crippen LogP contribution in [0.25, 0.3) is 0 Å². The average Bonchev–Trinajstić information content (AvgIpc) is 3.04. The fourth-order valence-corrected chi connectivity index (χ4v) is 4.03. The van der Waals surface area contributed by atoms with E-state index in [9.17, 15) is 14.4 Å². The molecule has 0 bridgehead atoms. The third-order valence-corrected chi connectivity index (χ3v) is 5.95. The number of anilines is 2. The molecule has 1 fully saturated rings. The number of hydrogen-bond acceptors (Lipinski definition) is 4. The summed E-state index contributed by atoms with van der Waals surface area (Å²) in [6.45, 7) is 0. The smallest absolute Gasteiger partial charge is 0.269 e. The molecule has 0 saturated carbocycles. The third-order valence-electron chi connectivity index (χ3n) is 5.06. The number of para-hydroxylation sites is 1. The number of halogens is 2. The standard InChI is InChI=1S/C24H18Cl2N4O3S/c25-16-8-6-15(7-9-16)22(32)28-30-20(14-21(31)27-18-4-2-1-3-5-18)23(33)29(24(30)34)19-12-10-17(26)11-13-19/h1-13,20H,14H2,(H,27,31)(H,28,32). The number of nitrogens with one attached hydrogen (secondary N) is 2.